The van der Waals surface area contributed by atoms with Crippen LogP contribution in [0.1, 0.15) is 46.9 Å². The predicted molar refractivity (Wildman–Crippen MR) is 97.4 cm³/mol. The van der Waals surface area contributed by atoms with E-state index in [0.29, 0.717) is 18.0 Å². The summed E-state index contributed by atoms with van der Waals surface area (Å²) in [7, 11) is 0. The summed E-state index contributed by atoms with van der Waals surface area (Å²) in [5.74, 6) is -0.456. The fourth-order valence-corrected chi connectivity index (χ4v) is 2.72. The number of primary amides is 1. The van der Waals surface area contributed by atoms with Gasteiger partial charge in [0.2, 0.25) is 5.88 Å². The second-order valence-electron chi connectivity index (χ2n) is 5.30. The average molecular weight is 333 g/mol. The highest BCUT2D eigenvalue weighted by Gasteiger charge is 2.23. The minimum Gasteiger partial charge on any atom is -0.414 e. The van der Waals surface area contributed by atoms with E-state index in [4.69, 9.17) is 10.2 Å². The van der Waals surface area contributed by atoms with Crippen molar-refractivity contribution in [2.75, 3.05) is 0 Å². The third-order valence-electron chi connectivity index (χ3n) is 3.78. The molecule has 1 aliphatic heterocycles. The van der Waals surface area contributed by atoms with E-state index in [1.807, 2.05) is 68.4 Å². The van der Waals surface area contributed by atoms with Crippen LogP contribution in [0.25, 0.3) is 0 Å². The van der Waals surface area contributed by atoms with Crippen LogP contribution in [-0.2, 0) is 6.42 Å². The lowest BCUT2D eigenvalue weighted by Crippen LogP contribution is -2.11. The van der Waals surface area contributed by atoms with Gasteiger partial charge in [0.1, 0.15) is 5.69 Å². The number of nitrogens with zero attached hydrogens (tertiary/aromatic N) is 2. The lowest BCUT2D eigenvalue weighted by molar-refractivity contribution is 0.0968. The third-order valence-corrected chi connectivity index (χ3v) is 3.78. The summed E-state index contributed by atoms with van der Waals surface area (Å²) in [6, 6.07) is 17.9. The quantitative estimate of drug-likeness (QED) is 0.604. The number of carbonyl (C=O) groups is 1. The number of amides is 1. The van der Waals surface area contributed by atoms with Crippen molar-refractivity contribution in [1.82, 2.24) is 4.98 Å². The molecule has 0 spiro atoms. The van der Waals surface area contributed by atoms with E-state index in [2.05, 4.69) is 9.98 Å². The summed E-state index contributed by atoms with van der Waals surface area (Å²) in [5, 5.41) is 0. The molecule has 1 amide bonds. The summed E-state index contributed by atoms with van der Waals surface area (Å²) in [6.07, 6.45) is 0.544. The molecule has 1 aromatic heterocycles. The first-order valence-corrected chi connectivity index (χ1v) is 8.24. The lowest BCUT2D eigenvalue weighted by atomic mass is 9.96. The van der Waals surface area contributed by atoms with E-state index in [9.17, 15) is 4.79 Å². The average Bonchev–Trinajstić information content (AvgIpc) is 2.99. The summed E-state index contributed by atoms with van der Waals surface area (Å²) in [6.45, 7) is 4.00. The monoisotopic (exact) mass is 333 g/mol. The Morgan fingerprint density at radius 3 is 2.44 bits per heavy atom. The highest BCUT2D eigenvalue weighted by molar-refractivity contribution is 6.15. The van der Waals surface area contributed by atoms with Crippen LogP contribution in [0, 0.1) is 0 Å². The van der Waals surface area contributed by atoms with Crippen LogP contribution in [0.4, 0.5) is 5.88 Å². The van der Waals surface area contributed by atoms with Gasteiger partial charge in [-0.2, -0.15) is 0 Å². The SMILES string of the molecule is CC.NC(=O)c1nc2c(o1)N=C(c1ccccc1)c1ccccc1C2. The predicted octanol–water partition coefficient (Wildman–Crippen LogP) is 3.87. The Balaban J connectivity index is 0.000000880. The molecule has 3 aromatic rings. The molecular weight excluding hydrogens is 314 g/mol. The van der Waals surface area contributed by atoms with Crippen LogP contribution in [0.3, 0.4) is 0 Å². The molecule has 25 heavy (non-hydrogen) atoms. The molecule has 0 aliphatic carbocycles. The van der Waals surface area contributed by atoms with E-state index >= 15 is 0 Å². The molecule has 4 rings (SSSR count). The second kappa shape index (κ2) is 7.13. The fraction of sp³-hybridized carbons (Fsp3) is 0.150. The zero-order valence-corrected chi connectivity index (χ0v) is 14.2. The van der Waals surface area contributed by atoms with Crippen LogP contribution >= 0.6 is 0 Å². The van der Waals surface area contributed by atoms with E-state index in [1.165, 1.54) is 0 Å². The van der Waals surface area contributed by atoms with Gasteiger partial charge >= 0.3 is 5.91 Å². The number of hydrogen-bond donors (Lipinski definition) is 1. The molecule has 1 aliphatic rings. The van der Waals surface area contributed by atoms with Gasteiger partial charge in [-0.15, -0.1) is 0 Å². The number of benzene rings is 2. The Labute approximate surface area is 146 Å². The lowest BCUT2D eigenvalue weighted by Gasteiger charge is -2.09. The van der Waals surface area contributed by atoms with Crippen molar-refractivity contribution in [3.63, 3.8) is 0 Å². The van der Waals surface area contributed by atoms with Gasteiger partial charge in [0.15, 0.2) is 0 Å². The van der Waals surface area contributed by atoms with E-state index in [1.54, 1.807) is 0 Å². The first kappa shape index (κ1) is 16.6. The van der Waals surface area contributed by atoms with Crippen molar-refractivity contribution >= 4 is 17.5 Å². The Kier molecular flexibility index (Phi) is 4.75. The summed E-state index contributed by atoms with van der Waals surface area (Å²) >= 11 is 0. The highest BCUT2D eigenvalue weighted by Crippen LogP contribution is 2.31. The van der Waals surface area contributed by atoms with E-state index in [0.717, 1.165) is 22.4 Å². The number of hydrogen-bond acceptors (Lipinski definition) is 4. The van der Waals surface area contributed by atoms with Gasteiger partial charge < -0.3 is 10.2 Å². The molecule has 0 saturated carbocycles. The number of aromatic nitrogens is 1. The molecular formula is C20H19N3O2. The Hall–Kier alpha value is -3.21. The third kappa shape index (κ3) is 3.21. The van der Waals surface area contributed by atoms with E-state index in [-0.39, 0.29) is 5.89 Å². The maximum Gasteiger partial charge on any atom is 0.304 e. The summed E-state index contributed by atoms with van der Waals surface area (Å²) in [4.78, 5) is 20.1. The standard InChI is InChI=1S/C18H13N3O2.C2H6/c19-16(22)18-20-14-10-12-8-4-5-9-13(12)15(21-17(14)23-18)11-6-2-1-3-7-11;1-2/h1-9H,10H2,(H2,19,22);1-2H3. The smallest absolute Gasteiger partial charge is 0.304 e. The molecule has 2 heterocycles. The number of carbonyl (C=O) groups excluding carboxylic acids is 1. The maximum atomic E-state index is 11.3. The minimum absolute atomic E-state index is 0.106. The van der Waals surface area contributed by atoms with Gasteiger partial charge in [-0.25, -0.2) is 9.98 Å². The van der Waals surface area contributed by atoms with Gasteiger partial charge in [-0.05, 0) is 5.56 Å². The molecule has 0 radical (unpaired) electrons. The normalized spacial score (nSPS) is 12.0. The maximum absolute atomic E-state index is 11.3. The molecule has 5 nitrogen and oxygen atoms in total. The topological polar surface area (TPSA) is 81.5 Å². The molecule has 126 valence electrons. The highest BCUT2D eigenvalue weighted by atomic mass is 16.4. The molecule has 0 unspecified atom stereocenters. The Morgan fingerprint density at radius 1 is 1.04 bits per heavy atom. The molecule has 0 atom stereocenters. The zero-order chi connectivity index (χ0) is 17.8. The molecule has 0 fully saturated rings. The number of aliphatic imine (C=N–C) groups is 1. The van der Waals surface area contributed by atoms with Crippen molar-refractivity contribution in [3.8, 4) is 0 Å². The van der Waals surface area contributed by atoms with Gasteiger partial charge in [-0.1, -0.05) is 68.4 Å². The molecule has 5 heteroatoms. The van der Waals surface area contributed by atoms with Gasteiger partial charge in [-0.3, -0.25) is 4.79 Å². The van der Waals surface area contributed by atoms with Gasteiger partial charge in [0, 0.05) is 17.5 Å². The number of rotatable bonds is 2. The number of nitrogens with two attached hydrogens (primary N) is 1. The number of fused-ring (bicyclic) bond motifs is 2. The van der Waals surface area contributed by atoms with Crippen LogP contribution < -0.4 is 5.73 Å². The summed E-state index contributed by atoms with van der Waals surface area (Å²) in [5.41, 5.74) is 9.78. The van der Waals surface area contributed by atoms with Crippen LogP contribution in [-0.4, -0.2) is 16.6 Å². The van der Waals surface area contributed by atoms with E-state index < -0.39 is 5.91 Å². The van der Waals surface area contributed by atoms with Crippen molar-refractivity contribution in [2.45, 2.75) is 20.3 Å². The second-order valence-corrected chi connectivity index (χ2v) is 5.30. The first-order chi connectivity index (χ1) is 12.2. The Bertz CT molecular complexity index is 927. The van der Waals surface area contributed by atoms with Crippen LogP contribution in [0.15, 0.2) is 64.0 Å². The Morgan fingerprint density at radius 2 is 1.72 bits per heavy atom. The van der Waals surface area contributed by atoms with Crippen LogP contribution in [0.5, 0.6) is 0 Å². The van der Waals surface area contributed by atoms with Gasteiger partial charge in [0.25, 0.3) is 5.89 Å². The minimum atomic E-state index is -0.692. The molecule has 2 aromatic carbocycles. The first-order valence-electron chi connectivity index (χ1n) is 8.24. The van der Waals surface area contributed by atoms with Crippen molar-refractivity contribution in [2.24, 2.45) is 10.7 Å². The fourth-order valence-electron chi connectivity index (χ4n) is 2.72. The number of oxazole rings is 1. The molecule has 2 N–H and O–H groups in total. The van der Waals surface area contributed by atoms with Crippen LogP contribution in [0.2, 0.25) is 0 Å². The summed E-state index contributed by atoms with van der Waals surface area (Å²) < 4.78 is 5.46. The van der Waals surface area contributed by atoms with Crippen molar-refractivity contribution in [1.29, 1.82) is 0 Å². The largest absolute Gasteiger partial charge is 0.414 e. The van der Waals surface area contributed by atoms with Gasteiger partial charge in [0.05, 0.1) is 5.71 Å². The van der Waals surface area contributed by atoms with Crippen molar-refractivity contribution in [3.05, 3.63) is 82.9 Å². The molecule has 0 saturated heterocycles. The van der Waals surface area contributed by atoms with Crippen molar-refractivity contribution < 1.29 is 9.21 Å². The molecule has 0 bridgehead atoms. The zero-order valence-electron chi connectivity index (χ0n) is 14.2.